The monoisotopic (exact) mass is 502 g/mol. The van der Waals surface area contributed by atoms with Crippen molar-refractivity contribution in [1.29, 1.82) is 0 Å². The molecule has 2 aromatic carbocycles. The highest BCUT2D eigenvalue weighted by Gasteiger charge is 2.27. The van der Waals surface area contributed by atoms with Gasteiger partial charge in [0.25, 0.3) is 0 Å². The first-order valence-electron chi connectivity index (χ1n) is 13.0. The van der Waals surface area contributed by atoms with Crippen molar-refractivity contribution in [3.8, 4) is 11.5 Å². The predicted molar refractivity (Wildman–Crippen MR) is 153 cm³/mol. The molecule has 0 amide bonds. The van der Waals surface area contributed by atoms with E-state index in [4.69, 9.17) is 14.5 Å². The number of hydrogen-bond donors (Lipinski definition) is 1. The number of rotatable bonds is 11. The molecule has 0 saturated carbocycles. The van der Waals surface area contributed by atoms with Crippen molar-refractivity contribution in [1.82, 2.24) is 0 Å². The Morgan fingerprint density at radius 2 is 1.84 bits per heavy atom. The average Bonchev–Trinajstić information content (AvgIpc) is 3.19. The van der Waals surface area contributed by atoms with E-state index in [-0.39, 0.29) is 17.6 Å². The molecule has 37 heavy (non-hydrogen) atoms. The Labute approximate surface area is 222 Å². The molecule has 3 rings (SSSR count). The Hall–Kier alpha value is -3.08. The fourth-order valence-corrected chi connectivity index (χ4v) is 5.38. The summed E-state index contributed by atoms with van der Waals surface area (Å²) in [5.74, 6) is 0.995. The van der Waals surface area contributed by atoms with Crippen LogP contribution in [0.2, 0.25) is 0 Å². The molecule has 0 fully saturated rings. The van der Waals surface area contributed by atoms with E-state index in [1.165, 1.54) is 40.5 Å². The second kappa shape index (κ2) is 12.4. The van der Waals surface area contributed by atoms with Crippen molar-refractivity contribution in [2.24, 2.45) is 5.92 Å². The highest BCUT2D eigenvalue weighted by molar-refractivity contribution is 5.79. The average molecular weight is 503 g/mol. The molecule has 1 aliphatic rings. The van der Waals surface area contributed by atoms with E-state index in [9.17, 15) is 5.11 Å². The molecular weight excluding hydrogens is 460 g/mol. The van der Waals surface area contributed by atoms with Crippen LogP contribution >= 0.6 is 0 Å². The molecule has 0 radical (unpaired) electrons. The number of benzene rings is 2. The molecule has 0 bridgehead atoms. The van der Waals surface area contributed by atoms with Crippen molar-refractivity contribution in [3.05, 3.63) is 99.7 Å². The number of phenolic OH excluding ortho intramolecular Hbond substituents is 1. The number of aromatic hydroxyl groups is 1. The lowest BCUT2D eigenvalue weighted by atomic mass is 9.84. The van der Waals surface area contributed by atoms with E-state index in [2.05, 4.69) is 84.6 Å². The Morgan fingerprint density at radius 3 is 2.49 bits per heavy atom. The van der Waals surface area contributed by atoms with Crippen molar-refractivity contribution in [2.75, 3.05) is 20.8 Å². The lowest BCUT2D eigenvalue weighted by Gasteiger charge is -2.21. The Kier molecular flexibility index (Phi) is 9.58. The van der Waals surface area contributed by atoms with Crippen LogP contribution in [0.3, 0.4) is 0 Å². The molecule has 0 spiro atoms. The van der Waals surface area contributed by atoms with Gasteiger partial charge in [0.2, 0.25) is 5.75 Å². The topological polar surface area (TPSA) is 47.9 Å². The summed E-state index contributed by atoms with van der Waals surface area (Å²) in [6.07, 6.45) is 9.48. The van der Waals surface area contributed by atoms with Crippen LogP contribution in [0, 0.1) is 19.8 Å². The van der Waals surface area contributed by atoms with E-state index in [0.29, 0.717) is 24.7 Å². The molecule has 1 aliphatic carbocycles. The fourth-order valence-electron chi connectivity index (χ4n) is 5.38. The van der Waals surface area contributed by atoms with Gasteiger partial charge in [-0.05, 0) is 72.2 Å². The largest absolute Gasteiger partial charge is 0.504 e. The summed E-state index contributed by atoms with van der Waals surface area (Å²) < 4.78 is 5.23. The molecule has 2 aromatic rings. The van der Waals surface area contributed by atoms with Crippen LogP contribution in [0.1, 0.15) is 72.9 Å². The first-order chi connectivity index (χ1) is 17.6. The van der Waals surface area contributed by atoms with E-state index in [0.717, 1.165) is 16.7 Å². The van der Waals surface area contributed by atoms with Gasteiger partial charge in [-0.2, -0.15) is 4.89 Å². The van der Waals surface area contributed by atoms with Crippen LogP contribution in [-0.4, -0.2) is 25.9 Å². The van der Waals surface area contributed by atoms with Crippen molar-refractivity contribution in [3.63, 3.8) is 0 Å². The number of allylic oxidation sites excluding steroid dienone is 7. The van der Waals surface area contributed by atoms with Crippen LogP contribution in [0.15, 0.2) is 66.3 Å². The maximum absolute atomic E-state index is 10.6. The Bertz CT molecular complexity index is 1230. The van der Waals surface area contributed by atoms with Crippen LogP contribution in [0.25, 0.3) is 5.57 Å². The van der Waals surface area contributed by atoms with Gasteiger partial charge in [-0.3, -0.25) is 0 Å². The van der Waals surface area contributed by atoms with E-state index in [1.807, 2.05) is 12.1 Å². The molecule has 4 heteroatoms. The Balaban J connectivity index is 1.97. The van der Waals surface area contributed by atoms with Gasteiger partial charge in [0.1, 0.15) is 0 Å². The molecule has 0 heterocycles. The normalized spacial score (nSPS) is 17.0. The summed E-state index contributed by atoms with van der Waals surface area (Å²) in [5.41, 5.74) is 10.8. The van der Waals surface area contributed by atoms with Crippen LogP contribution < -0.4 is 4.89 Å². The maximum atomic E-state index is 10.6. The number of phenols is 1. The van der Waals surface area contributed by atoms with Crippen LogP contribution in [-0.2, 0) is 16.0 Å². The SMILES string of the molecule is C=C(C=C(C=CC)C(C)C1=CC(C)c2c(C)cc(C)cc21)C(C)c1cc(CCOC)c(O)c(OOC)c1. The van der Waals surface area contributed by atoms with E-state index < -0.39 is 0 Å². The van der Waals surface area contributed by atoms with Crippen LogP contribution in [0.5, 0.6) is 11.5 Å². The Morgan fingerprint density at radius 1 is 1.11 bits per heavy atom. The zero-order valence-electron chi connectivity index (χ0n) is 23.6. The minimum atomic E-state index is 0.00168. The number of methoxy groups -OCH3 is 1. The zero-order chi connectivity index (χ0) is 27.3. The van der Waals surface area contributed by atoms with Gasteiger partial charge >= 0.3 is 0 Å². The summed E-state index contributed by atoms with van der Waals surface area (Å²) in [7, 11) is 3.07. The van der Waals surface area contributed by atoms with Gasteiger partial charge in [-0.1, -0.05) is 75.4 Å². The third kappa shape index (κ3) is 6.26. The quantitative estimate of drug-likeness (QED) is 0.191. The number of fused-ring (bicyclic) bond motifs is 1. The van der Waals surface area contributed by atoms with Crippen molar-refractivity contribution < 1.29 is 19.6 Å². The highest BCUT2D eigenvalue weighted by atomic mass is 17.2. The number of ether oxygens (including phenoxy) is 1. The van der Waals surface area contributed by atoms with Gasteiger partial charge in [0.05, 0.1) is 13.7 Å². The van der Waals surface area contributed by atoms with Gasteiger partial charge < -0.3 is 14.7 Å². The summed E-state index contributed by atoms with van der Waals surface area (Å²) in [4.78, 5) is 10.1. The molecule has 4 nitrogen and oxygen atoms in total. The minimum Gasteiger partial charge on any atom is -0.504 e. The third-order valence-electron chi connectivity index (χ3n) is 7.39. The highest BCUT2D eigenvalue weighted by Crippen LogP contribution is 2.44. The van der Waals surface area contributed by atoms with Gasteiger partial charge in [0.15, 0.2) is 5.75 Å². The summed E-state index contributed by atoms with van der Waals surface area (Å²) >= 11 is 0. The molecule has 3 atom stereocenters. The number of aryl methyl sites for hydroxylation is 2. The van der Waals surface area contributed by atoms with E-state index >= 15 is 0 Å². The second-order valence-corrected chi connectivity index (χ2v) is 10.1. The zero-order valence-corrected chi connectivity index (χ0v) is 23.6. The third-order valence-corrected chi connectivity index (χ3v) is 7.39. The summed E-state index contributed by atoms with van der Waals surface area (Å²) in [6, 6.07) is 8.43. The molecule has 198 valence electrons. The first-order valence-corrected chi connectivity index (χ1v) is 13.0. The van der Waals surface area contributed by atoms with Gasteiger partial charge in [-0.15, -0.1) is 0 Å². The number of hydrogen-bond acceptors (Lipinski definition) is 4. The first kappa shape index (κ1) is 28.5. The smallest absolute Gasteiger partial charge is 0.207 e. The molecule has 3 unspecified atom stereocenters. The van der Waals surface area contributed by atoms with Gasteiger partial charge in [0, 0.05) is 30.4 Å². The molecule has 0 saturated heterocycles. The lowest BCUT2D eigenvalue weighted by molar-refractivity contribution is -0.179. The van der Waals surface area contributed by atoms with Crippen molar-refractivity contribution in [2.45, 2.75) is 59.8 Å². The fraction of sp³-hybridized carbons (Fsp3) is 0.394. The summed E-state index contributed by atoms with van der Waals surface area (Å²) in [6.45, 7) is 18.1. The van der Waals surface area contributed by atoms with Crippen LogP contribution in [0.4, 0.5) is 0 Å². The van der Waals surface area contributed by atoms with Crippen molar-refractivity contribution >= 4 is 5.57 Å². The van der Waals surface area contributed by atoms with Gasteiger partial charge in [-0.25, -0.2) is 0 Å². The van der Waals surface area contributed by atoms with E-state index in [1.54, 1.807) is 7.11 Å². The second-order valence-electron chi connectivity index (χ2n) is 10.1. The standard InChI is InChI=1S/C33H42O4/c1-10-11-26(25(7)29-17-23(5)32-22(4)14-20(2)15-30(29)32)16-21(3)24(6)28-18-27(12-13-35-8)33(34)31(19-28)37-36-9/h10-11,14-19,23-25,34H,3,12-13H2,1-2,4-9H3. The lowest BCUT2D eigenvalue weighted by Crippen LogP contribution is -2.05. The molecular formula is C33H42O4. The molecule has 0 aromatic heterocycles. The maximum Gasteiger partial charge on any atom is 0.207 e. The summed E-state index contributed by atoms with van der Waals surface area (Å²) in [5, 5.41) is 10.6. The molecule has 0 aliphatic heterocycles. The molecule has 1 N–H and O–H groups in total. The predicted octanol–water partition coefficient (Wildman–Crippen LogP) is 8.14. The minimum absolute atomic E-state index is 0.00168.